The smallest absolute Gasteiger partial charge is 0.182 e. The predicted octanol–water partition coefficient (Wildman–Crippen LogP) is 3.59. The first kappa shape index (κ1) is 19.3. The molecule has 26 heavy (non-hydrogen) atoms. The minimum atomic E-state index is -3.64. The van der Waals surface area contributed by atoms with Gasteiger partial charge < -0.3 is 10.5 Å². The lowest BCUT2D eigenvalue weighted by Gasteiger charge is -2.17. The van der Waals surface area contributed by atoms with E-state index in [1.165, 1.54) is 0 Å². The van der Waals surface area contributed by atoms with Crippen LogP contribution in [-0.2, 0) is 14.6 Å². The molecule has 0 unspecified atom stereocenters. The Morgan fingerprint density at radius 2 is 1.81 bits per heavy atom. The van der Waals surface area contributed by atoms with Crippen molar-refractivity contribution in [3.63, 3.8) is 0 Å². The molecule has 4 nitrogen and oxygen atoms in total. The number of sulfone groups is 1. The van der Waals surface area contributed by atoms with E-state index >= 15 is 0 Å². The Hall–Kier alpha value is -1.47. The largest absolute Gasteiger partial charge is 0.393 e. The number of rotatable bonds is 7. The molecule has 7 heteroatoms. The minimum Gasteiger partial charge on any atom is -0.393 e. The number of halogens is 1. The van der Waals surface area contributed by atoms with Crippen LogP contribution in [0.15, 0.2) is 59.5 Å². The molecule has 1 aliphatic rings. The van der Waals surface area contributed by atoms with Gasteiger partial charge in [0.05, 0.1) is 27.2 Å². The van der Waals surface area contributed by atoms with E-state index in [1.807, 2.05) is 19.1 Å². The van der Waals surface area contributed by atoms with Gasteiger partial charge in [-0.2, -0.15) is 0 Å². The van der Waals surface area contributed by atoms with Gasteiger partial charge in [-0.05, 0) is 36.8 Å². The third-order valence-electron chi connectivity index (χ3n) is 4.90. The topological polar surface area (TPSA) is 69.4 Å². The first-order valence-electron chi connectivity index (χ1n) is 8.27. The summed E-state index contributed by atoms with van der Waals surface area (Å²) in [4.78, 5) is 0.425. The van der Waals surface area contributed by atoms with Crippen LogP contribution in [0.4, 0.5) is 0 Å². The van der Waals surface area contributed by atoms with Crippen LogP contribution < -0.4 is 5.73 Å². The quantitative estimate of drug-likeness (QED) is 0.707. The van der Waals surface area contributed by atoms with Crippen molar-refractivity contribution in [3.05, 3.63) is 65.2 Å². The Bertz CT molecular complexity index is 900. The maximum atomic E-state index is 13.3. The summed E-state index contributed by atoms with van der Waals surface area (Å²) in [5.41, 5.74) is 5.97. The van der Waals surface area contributed by atoms with Gasteiger partial charge >= 0.3 is 0 Å². The predicted molar refractivity (Wildman–Crippen MR) is 107 cm³/mol. The first-order valence-corrected chi connectivity index (χ1v) is 10.6. The molecule has 0 bridgehead atoms. The molecule has 0 heterocycles. The monoisotopic (exact) mass is 409 g/mol. The van der Waals surface area contributed by atoms with Gasteiger partial charge in [-0.1, -0.05) is 54.2 Å². The fourth-order valence-electron chi connectivity index (χ4n) is 3.57. The molecule has 1 aliphatic carbocycles. The Morgan fingerprint density at radius 3 is 2.35 bits per heavy atom. The number of hydrogen-bond donors (Lipinski definition) is 1. The number of thiocarbonyl (C=S) groups is 1. The molecular formula is C19H20ClNO3S2. The molecule has 3 rings (SSSR count). The van der Waals surface area contributed by atoms with Crippen molar-refractivity contribution in [2.75, 3.05) is 13.2 Å². The SMILES string of the molecule is CCOC[C@@]1(C(N)=S)[C@H](S(=O)(=O)c2ccccc2)[C@@H]1c1ccc(Cl)cc1. The van der Waals surface area contributed by atoms with Crippen molar-refractivity contribution in [2.45, 2.75) is 23.0 Å². The van der Waals surface area contributed by atoms with E-state index in [1.54, 1.807) is 42.5 Å². The van der Waals surface area contributed by atoms with E-state index in [0.717, 1.165) is 5.56 Å². The Morgan fingerprint density at radius 1 is 1.19 bits per heavy atom. The first-order chi connectivity index (χ1) is 12.4. The molecule has 0 amide bonds. The summed E-state index contributed by atoms with van der Waals surface area (Å²) in [5, 5.41) is -0.176. The van der Waals surface area contributed by atoms with E-state index in [0.29, 0.717) is 11.6 Å². The third-order valence-corrected chi connectivity index (χ3v) is 7.82. The molecule has 2 aromatic carbocycles. The Labute approximate surface area is 164 Å². The Kier molecular flexibility index (Phi) is 5.40. The van der Waals surface area contributed by atoms with Crippen LogP contribution in [-0.4, -0.2) is 31.9 Å². The highest BCUT2D eigenvalue weighted by molar-refractivity contribution is 7.92. The summed E-state index contributed by atoms with van der Waals surface area (Å²) in [6.07, 6.45) is 0. The Balaban J connectivity index is 2.10. The second-order valence-corrected chi connectivity index (χ2v) is 9.30. The molecule has 1 saturated carbocycles. The van der Waals surface area contributed by atoms with Crippen LogP contribution >= 0.6 is 23.8 Å². The van der Waals surface area contributed by atoms with E-state index < -0.39 is 20.5 Å². The van der Waals surface area contributed by atoms with Crippen LogP contribution in [0.3, 0.4) is 0 Å². The maximum Gasteiger partial charge on any atom is 0.182 e. The van der Waals surface area contributed by atoms with E-state index in [9.17, 15) is 8.42 Å². The van der Waals surface area contributed by atoms with Crippen LogP contribution in [0.25, 0.3) is 0 Å². The summed E-state index contributed by atoms with van der Waals surface area (Å²) in [6, 6.07) is 15.5. The highest BCUT2D eigenvalue weighted by Gasteiger charge is 2.73. The lowest BCUT2D eigenvalue weighted by Crippen LogP contribution is -2.33. The zero-order valence-corrected chi connectivity index (χ0v) is 16.7. The van der Waals surface area contributed by atoms with Gasteiger partial charge in [0, 0.05) is 17.5 Å². The third kappa shape index (κ3) is 3.16. The standard InChI is InChI=1S/C19H20ClNO3S2/c1-2-24-12-19(18(21)25)16(13-8-10-14(20)11-9-13)17(19)26(22,23)15-6-4-3-5-7-15/h3-11,16-17H,2,12H2,1H3,(H2,21,25)/t16-,17+,19-/m0/s1. The highest BCUT2D eigenvalue weighted by Crippen LogP contribution is 2.64. The van der Waals surface area contributed by atoms with Crippen LogP contribution in [0.2, 0.25) is 5.02 Å². The maximum absolute atomic E-state index is 13.3. The van der Waals surface area contributed by atoms with Gasteiger partial charge in [-0.3, -0.25) is 0 Å². The van der Waals surface area contributed by atoms with Gasteiger partial charge in [0.2, 0.25) is 0 Å². The number of hydrogen-bond acceptors (Lipinski definition) is 4. The van der Waals surface area contributed by atoms with Crippen molar-refractivity contribution >= 4 is 38.6 Å². The highest BCUT2D eigenvalue weighted by atomic mass is 35.5. The summed E-state index contributed by atoms with van der Waals surface area (Å²) in [5.74, 6) is -0.367. The van der Waals surface area contributed by atoms with Gasteiger partial charge in [0.25, 0.3) is 0 Å². The molecule has 3 atom stereocenters. The van der Waals surface area contributed by atoms with E-state index in [-0.39, 0.29) is 22.4 Å². The van der Waals surface area contributed by atoms with Gasteiger partial charge in [0.15, 0.2) is 9.84 Å². The van der Waals surface area contributed by atoms with Crippen LogP contribution in [0, 0.1) is 5.41 Å². The van der Waals surface area contributed by atoms with Crippen molar-refractivity contribution < 1.29 is 13.2 Å². The second-order valence-electron chi connectivity index (χ2n) is 6.35. The summed E-state index contributed by atoms with van der Waals surface area (Å²) in [7, 11) is -3.64. The second kappa shape index (κ2) is 7.27. The molecule has 0 saturated heterocycles. The molecule has 0 radical (unpaired) electrons. The van der Waals surface area contributed by atoms with Gasteiger partial charge in [-0.25, -0.2) is 8.42 Å². The number of nitrogens with two attached hydrogens (primary N) is 1. The fraction of sp³-hybridized carbons (Fsp3) is 0.316. The average molecular weight is 410 g/mol. The molecular weight excluding hydrogens is 390 g/mol. The minimum absolute atomic E-state index is 0.162. The van der Waals surface area contributed by atoms with Crippen molar-refractivity contribution in [2.24, 2.45) is 11.1 Å². The van der Waals surface area contributed by atoms with E-state index in [4.69, 9.17) is 34.3 Å². The molecule has 138 valence electrons. The molecule has 0 aromatic heterocycles. The number of benzene rings is 2. The summed E-state index contributed by atoms with van der Waals surface area (Å²) < 4.78 is 32.3. The molecule has 2 aromatic rings. The van der Waals surface area contributed by atoms with Crippen molar-refractivity contribution in [1.29, 1.82) is 0 Å². The molecule has 0 aliphatic heterocycles. The average Bonchev–Trinajstić information content (AvgIpc) is 3.33. The van der Waals surface area contributed by atoms with Crippen molar-refractivity contribution in [1.82, 2.24) is 0 Å². The van der Waals surface area contributed by atoms with Crippen molar-refractivity contribution in [3.8, 4) is 0 Å². The molecule has 0 spiro atoms. The van der Waals surface area contributed by atoms with Gasteiger partial charge in [-0.15, -0.1) is 0 Å². The lowest BCUT2D eigenvalue weighted by atomic mass is 10.00. The number of ether oxygens (including phenoxy) is 1. The lowest BCUT2D eigenvalue weighted by molar-refractivity contribution is 0.121. The molecule has 2 N–H and O–H groups in total. The fourth-order valence-corrected chi connectivity index (χ4v) is 6.49. The molecule has 1 fully saturated rings. The van der Waals surface area contributed by atoms with Crippen LogP contribution in [0.5, 0.6) is 0 Å². The van der Waals surface area contributed by atoms with Gasteiger partial charge in [0.1, 0.15) is 0 Å². The summed E-state index contributed by atoms with van der Waals surface area (Å²) >= 11 is 11.3. The zero-order valence-electron chi connectivity index (χ0n) is 14.3. The van der Waals surface area contributed by atoms with Crippen LogP contribution in [0.1, 0.15) is 18.4 Å². The van der Waals surface area contributed by atoms with E-state index in [2.05, 4.69) is 0 Å². The normalized spacial score (nSPS) is 25.0. The summed E-state index contributed by atoms with van der Waals surface area (Å²) in [6.45, 7) is 2.48. The zero-order chi connectivity index (χ0) is 18.9.